The van der Waals surface area contributed by atoms with Gasteiger partial charge in [0.2, 0.25) is 11.7 Å². The van der Waals surface area contributed by atoms with Crippen molar-refractivity contribution >= 4 is 11.9 Å². The first-order chi connectivity index (χ1) is 16.4. The minimum Gasteiger partial charge on any atom is -0.490 e. The summed E-state index contributed by atoms with van der Waals surface area (Å²) in [5.74, 6) is 0.0522. The Morgan fingerprint density at radius 2 is 2.15 bits per heavy atom. The van der Waals surface area contributed by atoms with Gasteiger partial charge in [0.1, 0.15) is 18.4 Å². The number of hydrogen-bond acceptors (Lipinski definition) is 7. The van der Waals surface area contributed by atoms with E-state index in [4.69, 9.17) is 9.26 Å². The molecular weight excluding hydrogens is 436 g/mol. The highest BCUT2D eigenvalue weighted by molar-refractivity contribution is 5.85. The molecule has 1 saturated heterocycles. The van der Waals surface area contributed by atoms with Gasteiger partial charge in [0, 0.05) is 17.5 Å². The number of nitriles is 1. The maximum absolute atomic E-state index is 12.4. The Bertz CT molecular complexity index is 1340. The number of aromatic nitrogens is 2. The highest BCUT2D eigenvalue weighted by atomic mass is 16.5. The molecular formula is C25H22N4O5. The van der Waals surface area contributed by atoms with Crippen molar-refractivity contribution in [2.24, 2.45) is 5.92 Å². The molecule has 1 fully saturated rings. The average Bonchev–Trinajstić information content (AvgIpc) is 3.48. The van der Waals surface area contributed by atoms with Crippen LogP contribution in [0.1, 0.15) is 43.0 Å². The molecule has 2 heterocycles. The van der Waals surface area contributed by atoms with Crippen LogP contribution in [0.15, 0.2) is 40.9 Å². The predicted molar refractivity (Wildman–Crippen MR) is 120 cm³/mol. The van der Waals surface area contributed by atoms with Gasteiger partial charge < -0.3 is 19.3 Å². The van der Waals surface area contributed by atoms with E-state index >= 15 is 0 Å². The lowest BCUT2D eigenvalue weighted by Crippen LogP contribution is -2.33. The zero-order chi connectivity index (χ0) is 24.0. The Labute approximate surface area is 195 Å². The van der Waals surface area contributed by atoms with Crippen LogP contribution in [0.3, 0.4) is 0 Å². The van der Waals surface area contributed by atoms with E-state index in [1.165, 1.54) is 4.90 Å². The molecule has 3 aromatic rings. The molecule has 0 radical (unpaired) electrons. The Hall–Kier alpha value is -4.19. The summed E-state index contributed by atoms with van der Waals surface area (Å²) < 4.78 is 11.2. The van der Waals surface area contributed by atoms with Crippen LogP contribution in [0.5, 0.6) is 5.75 Å². The minimum atomic E-state index is -1.03. The molecule has 0 spiro atoms. The molecule has 2 atom stereocenters. The molecule has 2 aromatic carbocycles. The second-order valence-electron chi connectivity index (χ2n) is 8.81. The number of carboxylic acids is 1. The van der Waals surface area contributed by atoms with E-state index < -0.39 is 5.97 Å². The number of aliphatic carboxylic acids is 1. The number of hydrogen-bond donors (Lipinski definition) is 1. The first-order valence-corrected chi connectivity index (χ1v) is 11.0. The Kier molecular flexibility index (Phi) is 5.28. The number of benzene rings is 2. The molecule has 9 nitrogen and oxygen atoms in total. The van der Waals surface area contributed by atoms with Crippen molar-refractivity contribution in [3.05, 3.63) is 53.1 Å². The standard InChI is InChI=1S/C25H22N4O5/c1-13(2)33-20-7-6-14(8-16(20)11-26)25-27-24(28-34-25)18-5-3-4-17-19(18)9-15-10-21(30)29(23(15)17)12-22(31)32/h3-8,13,15,23H,9-10,12H2,1-2H3,(H,31,32). The number of rotatable bonds is 6. The van der Waals surface area contributed by atoms with Crippen molar-refractivity contribution in [3.63, 3.8) is 0 Å². The van der Waals surface area contributed by atoms with Crippen molar-refractivity contribution < 1.29 is 24.0 Å². The average molecular weight is 458 g/mol. The lowest BCUT2D eigenvalue weighted by atomic mass is 10.0. The first kappa shape index (κ1) is 21.6. The monoisotopic (exact) mass is 458 g/mol. The molecule has 1 aliphatic carbocycles. The van der Waals surface area contributed by atoms with Crippen LogP contribution in [-0.2, 0) is 16.0 Å². The fourth-order valence-electron chi connectivity index (χ4n) is 4.94. The molecule has 1 N–H and O–H groups in total. The fraction of sp³-hybridized carbons (Fsp3) is 0.320. The lowest BCUT2D eigenvalue weighted by molar-refractivity contribution is -0.143. The second-order valence-corrected chi connectivity index (χ2v) is 8.81. The number of carbonyl (C=O) groups is 2. The molecule has 2 unspecified atom stereocenters. The summed E-state index contributed by atoms with van der Waals surface area (Å²) in [6.07, 6.45) is 0.905. The van der Waals surface area contributed by atoms with Crippen LogP contribution < -0.4 is 4.74 Å². The molecule has 172 valence electrons. The molecule has 1 aliphatic heterocycles. The van der Waals surface area contributed by atoms with E-state index in [-0.39, 0.29) is 36.4 Å². The predicted octanol–water partition coefficient (Wildman–Crippen LogP) is 3.59. The molecule has 1 amide bonds. The van der Waals surface area contributed by atoms with E-state index in [1.54, 1.807) is 18.2 Å². The fourth-order valence-corrected chi connectivity index (χ4v) is 4.94. The first-order valence-electron chi connectivity index (χ1n) is 11.0. The van der Waals surface area contributed by atoms with Crippen LogP contribution in [0, 0.1) is 17.2 Å². The van der Waals surface area contributed by atoms with E-state index in [1.807, 2.05) is 32.0 Å². The summed E-state index contributed by atoms with van der Waals surface area (Å²) in [4.78, 5) is 29.7. The third kappa shape index (κ3) is 3.67. The quantitative estimate of drug-likeness (QED) is 0.593. The number of carboxylic acid groups (broad SMARTS) is 1. The SMILES string of the molecule is CC(C)Oc1ccc(-c2nc(-c3cccc4c3CC3CC(=O)N(CC(=O)O)C43)no2)cc1C#N. The molecule has 2 aliphatic rings. The molecule has 0 bridgehead atoms. The molecule has 1 aromatic heterocycles. The van der Waals surface area contributed by atoms with Crippen LogP contribution in [-0.4, -0.2) is 44.7 Å². The van der Waals surface area contributed by atoms with E-state index in [0.29, 0.717) is 35.5 Å². The van der Waals surface area contributed by atoms with Gasteiger partial charge in [-0.3, -0.25) is 9.59 Å². The Morgan fingerprint density at radius 3 is 2.88 bits per heavy atom. The summed E-state index contributed by atoms with van der Waals surface area (Å²) in [5.41, 5.74) is 3.72. The van der Waals surface area contributed by atoms with Crippen molar-refractivity contribution in [1.29, 1.82) is 5.26 Å². The molecule has 5 rings (SSSR count). The van der Waals surface area contributed by atoms with Gasteiger partial charge in [-0.2, -0.15) is 10.2 Å². The normalized spacial score (nSPS) is 18.6. The maximum Gasteiger partial charge on any atom is 0.323 e. The van der Waals surface area contributed by atoms with Crippen molar-refractivity contribution in [3.8, 4) is 34.7 Å². The van der Waals surface area contributed by atoms with Gasteiger partial charge in [-0.05, 0) is 55.5 Å². The van der Waals surface area contributed by atoms with Gasteiger partial charge in [0.25, 0.3) is 5.89 Å². The Balaban J connectivity index is 1.48. The highest BCUT2D eigenvalue weighted by Crippen LogP contribution is 2.49. The molecule has 0 saturated carbocycles. The number of likely N-dealkylation sites (tertiary alicyclic amines) is 1. The van der Waals surface area contributed by atoms with Gasteiger partial charge >= 0.3 is 5.97 Å². The van der Waals surface area contributed by atoms with E-state index in [0.717, 1.165) is 16.7 Å². The molecule has 9 heteroatoms. The summed E-state index contributed by atoms with van der Waals surface area (Å²) in [6, 6.07) is 12.7. The van der Waals surface area contributed by atoms with Gasteiger partial charge in [0.05, 0.1) is 17.7 Å². The van der Waals surface area contributed by atoms with Crippen molar-refractivity contribution in [1.82, 2.24) is 15.0 Å². The van der Waals surface area contributed by atoms with Crippen LogP contribution >= 0.6 is 0 Å². The summed E-state index contributed by atoms with van der Waals surface area (Å²) >= 11 is 0. The van der Waals surface area contributed by atoms with Crippen LogP contribution in [0.2, 0.25) is 0 Å². The zero-order valence-electron chi connectivity index (χ0n) is 18.7. The van der Waals surface area contributed by atoms with Crippen LogP contribution in [0.4, 0.5) is 0 Å². The Morgan fingerprint density at radius 1 is 1.32 bits per heavy atom. The van der Waals surface area contributed by atoms with E-state index in [2.05, 4.69) is 16.2 Å². The van der Waals surface area contributed by atoms with Crippen molar-refractivity contribution in [2.45, 2.75) is 38.8 Å². The number of nitrogens with zero attached hydrogens (tertiary/aromatic N) is 4. The zero-order valence-corrected chi connectivity index (χ0v) is 18.7. The van der Waals surface area contributed by atoms with Gasteiger partial charge in [0.15, 0.2) is 0 Å². The topological polar surface area (TPSA) is 130 Å². The number of carbonyl (C=O) groups excluding carboxylic acids is 1. The van der Waals surface area contributed by atoms with Crippen LogP contribution in [0.25, 0.3) is 22.8 Å². The summed E-state index contributed by atoms with van der Waals surface area (Å²) in [7, 11) is 0. The number of ether oxygens (including phenoxy) is 1. The lowest BCUT2D eigenvalue weighted by Gasteiger charge is -2.23. The summed E-state index contributed by atoms with van der Waals surface area (Å²) in [6.45, 7) is 3.47. The number of amides is 1. The third-order valence-corrected chi connectivity index (χ3v) is 6.22. The van der Waals surface area contributed by atoms with Gasteiger partial charge in [-0.15, -0.1) is 0 Å². The number of fused-ring (bicyclic) bond motifs is 3. The smallest absolute Gasteiger partial charge is 0.323 e. The summed E-state index contributed by atoms with van der Waals surface area (Å²) in [5, 5.41) is 22.9. The van der Waals surface area contributed by atoms with Crippen molar-refractivity contribution in [2.75, 3.05) is 6.54 Å². The highest BCUT2D eigenvalue weighted by Gasteiger charge is 2.47. The maximum atomic E-state index is 12.4. The van der Waals surface area contributed by atoms with Gasteiger partial charge in [-0.25, -0.2) is 0 Å². The molecule has 34 heavy (non-hydrogen) atoms. The largest absolute Gasteiger partial charge is 0.490 e. The van der Waals surface area contributed by atoms with E-state index in [9.17, 15) is 20.0 Å². The minimum absolute atomic E-state index is 0.0288. The third-order valence-electron chi connectivity index (χ3n) is 6.22. The second kappa shape index (κ2) is 8.30. The van der Waals surface area contributed by atoms with Gasteiger partial charge in [-0.1, -0.05) is 23.4 Å².